The largest absolute Gasteiger partial charge is 0.484 e. The molecule has 0 aliphatic rings. The number of hydrogen-bond donors (Lipinski definition) is 1. The topological polar surface area (TPSA) is 62.1 Å². The Morgan fingerprint density at radius 1 is 1.33 bits per heavy atom. The van der Waals surface area contributed by atoms with Crippen molar-refractivity contribution in [2.45, 2.75) is 0 Å². The molecule has 2 aromatic carbocycles. The second-order valence-electron chi connectivity index (χ2n) is 4.07. The third kappa shape index (κ3) is 4.04. The quantitative estimate of drug-likeness (QED) is 0.919. The molecule has 6 heteroatoms. The normalized spacial score (nSPS) is 9.76. The minimum absolute atomic E-state index is 0.0694. The summed E-state index contributed by atoms with van der Waals surface area (Å²) < 4.78 is 19.3. The number of benzene rings is 2. The van der Waals surface area contributed by atoms with Crippen LogP contribution in [0.15, 0.2) is 46.9 Å². The van der Waals surface area contributed by atoms with E-state index in [1.807, 2.05) is 6.07 Å². The van der Waals surface area contributed by atoms with E-state index in [2.05, 4.69) is 21.2 Å². The van der Waals surface area contributed by atoms with Gasteiger partial charge < -0.3 is 10.1 Å². The van der Waals surface area contributed by atoms with E-state index in [0.29, 0.717) is 5.69 Å². The summed E-state index contributed by atoms with van der Waals surface area (Å²) in [4.78, 5) is 11.7. The number of nitriles is 1. The van der Waals surface area contributed by atoms with Crippen LogP contribution in [0.1, 0.15) is 5.56 Å². The smallest absolute Gasteiger partial charge is 0.262 e. The van der Waals surface area contributed by atoms with E-state index in [9.17, 15) is 9.18 Å². The fourth-order valence-corrected chi connectivity index (χ4v) is 1.96. The third-order valence-corrected chi connectivity index (χ3v) is 3.27. The molecular weight excluding hydrogens is 339 g/mol. The van der Waals surface area contributed by atoms with Crippen molar-refractivity contribution < 1.29 is 13.9 Å². The first kappa shape index (κ1) is 15.0. The maximum absolute atomic E-state index is 13.4. The molecule has 21 heavy (non-hydrogen) atoms. The van der Waals surface area contributed by atoms with Gasteiger partial charge in [-0.2, -0.15) is 5.26 Å². The van der Waals surface area contributed by atoms with Crippen LogP contribution in [-0.4, -0.2) is 12.5 Å². The first-order chi connectivity index (χ1) is 10.1. The summed E-state index contributed by atoms with van der Waals surface area (Å²) >= 11 is 3.31. The molecule has 0 radical (unpaired) electrons. The van der Waals surface area contributed by atoms with E-state index in [1.165, 1.54) is 12.1 Å². The first-order valence-corrected chi connectivity index (χ1v) is 6.76. The van der Waals surface area contributed by atoms with Gasteiger partial charge in [0.15, 0.2) is 6.61 Å². The van der Waals surface area contributed by atoms with Crippen LogP contribution in [0.5, 0.6) is 5.75 Å². The lowest BCUT2D eigenvalue weighted by Crippen LogP contribution is -2.20. The molecular formula is C15H10BrFN2O2. The van der Waals surface area contributed by atoms with Gasteiger partial charge in [-0.3, -0.25) is 4.79 Å². The average Bonchev–Trinajstić information content (AvgIpc) is 2.48. The summed E-state index contributed by atoms with van der Waals surface area (Å²) in [5.41, 5.74) is 0.553. The fourth-order valence-electron chi connectivity index (χ4n) is 1.57. The van der Waals surface area contributed by atoms with Gasteiger partial charge in [-0.1, -0.05) is 12.1 Å². The van der Waals surface area contributed by atoms with Crippen molar-refractivity contribution in [2.24, 2.45) is 0 Å². The maximum atomic E-state index is 13.4. The van der Waals surface area contributed by atoms with E-state index >= 15 is 0 Å². The molecule has 0 atom stereocenters. The van der Waals surface area contributed by atoms with Crippen LogP contribution in [0.25, 0.3) is 0 Å². The van der Waals surface area contributed by atoms with Gasteiger partial charge in [0.1, 0.15) is 17.6 Å². The van der Waals surface area contributed by atoms with Crippen LogP contribution < -0.4 is 10.1 Å². The number of halogens is 2. The molecule has 0 aliphatic heterocycles. The monoisotopic (exact) mass is 348 g/mol. The molecule has 0 saturated heterocycles. The lowest BCUT2D eigenvalue weighted by Gasteiger charge is -2.09. The number of hydrogen-bond acceptors (Lipinski definition) is 3. The SMILES string of the molecule is N#Cc1ccc(OCC(=O)Nc2ccccc2Br)cc1F. The van der Waals surface area contributed by atoms with E-state index in [4.69, 9.17) is 10.00 Å². The third-order valence-electron chi connectivity index (χ3n) is 2.58. The van der Waals surface area contributed by atoms with Crippen molar-refractivity contribution in [3.05, 3.63) is 58.3 Å². The van der Waals surface area contributed by atoms with E-state index < -0.39 is 5.82 Å². The van der Waals surface area contributed by atoms with Gasteiger partial charge in [0, 0.05) is 10.5 Å². The molecule has 1 N–H and O–H groups in total. The van der Waals surface area contributed by atoms with Gasteiger partial charge >= 0.3 is 0 Å². The minimum Gasteiger partial charge on any atom is -0.484 e. The summed E-state index contributed by atoms with van der Waals surface area (Å²) in [5, 5.41) is 11.3. The standard InChI is InChI=1S/C15H10BrFN2O2/c16-12-3-1-2-4-14(12)19-15(20)9-21-11-6-5-10(8-18)13(17)7-11/h1-7H,9H2,(H,19,20). The van der Waals surface area contributed by atoms with Gasteiger partial charge in [-0.25, -0.2) is 4.39 Å². The zero-order valence-corrected chi connectivity index (χ0v) is 12.4. The Bertz CT molecular complexity index is 713. The van der Waals surface area contributed by atoms with E-state index in [-0.39, 0.29) is 23.8 Å². The highest BCUT2D eigenvalue weighted by molar-refractivity contribution is 9.10. The number of ether oxygens (including phenoxy) is 1. The number of carbonyl (C=O) groups is 1. The predicted octanol–water partition coefficient (Wildman–Crippen LogP) is 3.48. The molecule has 2 rings (SSSR count). The van der Waals surface area contributed by atoms with Crippen LogP contribution in [0.2, 0.25) is 0 Å². The zero-order valence-electron chi connectivity index (χ0n) is 10.8. The minimum atomic E-state index is -0.679. The Morgan fingerprint density at radius 2 is 2.10 bits per heavy atom. The van der Waals surface area contributed by atoms with Crippen molar-refractivity contribution in [1.29, 1.82) is 5.26 Å². The molecule has 0 saturated carbocycles. The molecule has 0 heterocycles. The van der Waals surface area contributed by atoms with Crippen molar-refractivity contribution in [3.63, 3.8) is 0 Å². The Balaban J connectivity index is 1.94. The van der Waals surface area contributed by atoms with Gasteiger partial charge in [-0.15, -0.1) is 0 Å². The lowest BCUT2D eigenvalue weighted by atomic mass is 10.2. The van der Waals surface area contributed by atoms with Crippen molar-refractivity contribution >= 4 is 27.5 Å². The highest BCUT2D eigenvalue weighted by atomic mass is 79.9. The molecule has 4 nitrogen and oxygen atoms in total. The first-order valence-electron chi connectivity index (χ1n) is 5.97. The molecule has 1 amide bonds. The predicted molar refractivity (Wildman–Crippen MR) is 79.4 cm³/mol. The van der Waals surface area contributed by atoms with Crippen LogP contribution in [0, 0.1) is 17.1 Å². The summed E-state index contributed by atoms with van der Waals surface area (Å²) in [6.45, 7) is -0.257. The molecule has 0 unspecified atom stereocenters. The lowest BCUT2D eigenvalue weighted by molar-refractivity contribution is -0.118. The van der Waals surface area contributed by atoms with Crippen LogP contribution in [0.3, 0.4) is 0 Å². The number of nitrogens with zero attached hydrogens (tertiary/aromatic N) is 1. The average molecular weight is 349 g/mol. The summed E-state index contributed by atoms with van der Waals surface area (Å²) in [7, 11) is 0. The van der Waals surface area contributed by atoms with Crippen LogP contribution in [0.4, 0.5) is 10.1 Å². The molecule has 106 valence electrons. The van der Waals surface area contributed by atoms with E-state index in [0.717, 1.165) is 10.5 Å². The number of amides is 1. The summed E-state index contributed by atoms with van der Waals surface area (Å²) in [6.07, 6.45) is 0. The number of anilines is 1. The zero-order chi connectivity index (χ0) is 15.2. The van der Waals surface area contributed by atoms with Crippen molar-refractivity contribution in [1.82, 2.24) is 0 Å². The molecule has 0 aliphatic carbocycles. The maximum Gasteiger partial charge on any atom is 0.262 e. The van der Waals surface area contributed by atoms with Crippen molar-refractivity contribution in [3.8, 4) is 11.8 Å². The molecule has 0 spiro atoms. The molecule has 2 aromatic rings. The summed E-state index contributed by atoms with van der Waals surface area (Å²) in [5.74, 6) is -0.860. The number of rotatable bonds is 4. The highest BCUT2D eigenvalue weighted by Crippen LogP contribution is 2.21. The Labute approximate surface area is 129 Å². The molecule has 0 bridgehead atoms. The van der Waals surface area contributed by atoms with E-state index in [1.54, 1.807) is 24.3 Å². The van der Waals surface area contributed by atoms with Crippen molar-refractivity contribution in [2.75, 3.05) is 11.9 Å². The number of nitrogens with one attached hydrogen (secondary N) is 1. The van der Waals surface area contributed by atoms with Gasteiger partial charge in [0.25, 0.3) is 5.91 Å². The molecule has 0 fully saturated rings. The van der Waals surface area contributed by atoms with Crippen LogP contribution >= 0.6 is 15.9 Å². The number of para-hydroxylation sites is 1. The van der Waals surface area contributed by atoms with Gasteiger partial charge in [0.05, 0.1) is 11.3 Å². The van der Waals surface area contributed by atoms with Gasteiger partial charge in [-0.05, 0) is 40.2 Å². The van der Waals surface area contributed by atoms with Gasteiger partial charge in [0.2, 0.25) is 0 Å². The Morgan fingerprint density at radius 3 is 2.76 bits per heavy atom. The second-order valence-corrected chi connectivity index (χ2v) is 4.92. The fraction of sp³-hybridized carbons (Fsp3) is 0.0667. The Hall–Kier alpha value is -2.39. The highest BCUT2D eigenvalue weighted by Gasteiger charge is 2.08. The summed E-state index contributed by atoms with van der Waals surface area (Å²) in [6, 6.07) is 12.7. The second kappa shape index (κ2) is 6.86. The Kier molecular flexibility index (Phi) is 4.90. The van der Waals surface area contributed by atoms with Crippen LogP contribution in [-0.2, 0) is 4.79 Å². The molecule has 0 aromatic heterocycles. The number of carbonyl (C=O) groups excluding carboxylic acids is 1.